The standard InChI is InChI=1S/C12H18BrNOS/c1-3-14-12(10-5-4-6-15-10)11-7-9(13)8(2)16-11/h7,10,12,14H,3-6H2,1-2H3. The summed E-state index contributed by atoms with van der Waals surface area (Å²) in [6, 6.07) is 2.59. The molecule has 2 atom stereocenters. The first-order valence-corrected chi connectivity index (χ1v) is 7.44. The van der Waals surface area contributed by atoms with Crippen LogP contribution < -0.4 is 5.32 Å². The topological polar surface area (TPSA) is 21.3 Å². The van der Waals surface area contributed by atoms with Gasteiger partial charge in [0.2, 0.25) is 0 Å². The Morgan fingerprint density at radius 1 is 1.69 bits per heavy atom. The molecule has 90 valence electrons. The summed E-state index contributed by atoms with van der Waals surface area (Å²) in [7, 11) is 0. The molecule has 1 aromatic rings. The van der Waals surface area contributed by atoms with Crippen LogP contribution in [0.2, 0.25) is 0 Å². The van der Waals surface area contributed by atoms with Crippen molar-refractivity contribution in [3.8, 4) is 0 Å². The lowest BCUT2D eigenvalue weighted by Gasteiger charge is -2.22. The number of halogens is 1. The Bertz CT molecular complexity index is 327. The minimum atomic E-state index is 0.352. The summed E-state index contributed by atoms with van der Waals surface area (Å²) in [6.07, 6.45) is 2.72. The average molecular weight is 304 g/mol. The minimum absolute atomic E-state index is 0.352. The van der Waals surface area contributed by atoms with Crippen molar-refractivity contribution in [2.75, 3.05) is 13.2 Å². The highest BCUT2D eigenvalue weighted by molar-refractivity contribution is 9.10. The Morgan fingerprint density at radius 2 is 2.50 bits per heavy atom. The van der Waals surface area contributed by atoms with E-state index in [1.807, 2.05) is 11.3 Å². The van der Waals surface area contributed by atoms with Crippen LogP contribution in [0.5, 0.6) is 0 Å². The first-order chi connectivity index (χ1) is 7.72. The van der Waals surface area contributed by atoms with Crippen LogP contribution in [0.4, 0.5) is 0 Å². The quantitative estimate of drug-likeness (QED) is 0.917. The highest BCUT2D eigenvalue weighted by atomic mass is 79.9. The van der Waals surface area contributed by atoms with E-state index in [4.69, 9.17) is 4.74 Å². The van der Waals surface area contributed by atoms with Crippen LogP contribution in [0.25, 0.3) is 0 Å². The van der Waals surface area contributed by atoms with Crippen molar-refractivity contribution in [3.05, 3.63) is 20.3 Å². The van der Waals surface area contributed by atoms with Gasteiger partial charge >= 0.3 is 0 Å². The number of rotatable bonds is 4. The molecule has 1 aliphatic rings. The van der Waals surface area contributed by atoms with Gasteiger partial charge in [0.15, 0.2) is 0 Å². The van der Waals surface area contributed by atoms with E-state index < -0.39 is 0 Å². The fourth-order valence-electron chi connectivity index (χ4n) is 2.14. The van der Waals surface area contributed by atoms with Crippen molar-refractivity contribution in [2.24, 2.45) is 0 Å². The zero-order valence-corrected chi connectivity index (χ0v) is 12.2. The van der Waals surface area contributed by atoms with Crippen LogP contribution in [-0.4, -0.2) is 19.3 Å². The molecule has 1 aliphatic heterocycles. The van der Waals surface area contributed by atoms with E-state index in [0.717, 1.165) is 13.2 Å². The summed E-state index contributed by atoms with van der Waals surface area (Å²) in [5, 5.41) is 3.55. The van der Waals surface area contributed by atoms with Gasteiger partial charge in [0.05, 0.1) is 12.1 Å². The highest BCUT2D eigenvalue weighted by Crippen LogP contribution is 2.35. The molecule has 1 fully saturated rings. The Kier molecular flexibility index (Phi) is 4.41. The lowest BCUT2D eigenvalue weighted by molar-refractivity contribution is 0.0798. The molecule has 2 rings (SSSR count). The molecule has 4 heteroatoms. The molecule has 16 heavy (non-hydrogen) atoms. The molecule has 0 radical (unpaired) electrons. The Balaban J connectivity index is 2.17. The van der Waals surface area contributed by atoms with E-state index in [2.05, 4.69) is 41.2 Å². The molecule has 0 amide bonds. The molecular weight excluding hydrogens is 286 g/mol. The maximum atomic E-state index is 5.80. The largest absolute Gasteiger partial charge is 0.376 e. The fourth-order valence-corrected chi connectivity index (χ4v) is 3.83. The van der Waals surface area contributed by atoms with Crippen LogP contribution >= 0.6 is 27.3 Å². The fraction of sp³-hybridized carbons (Fsp3) is 0.667. The second-order valence-electron chi connectivity index (χ2n) is 4.14. The van der Waals surface area contributed by atoms with Gasteiger partial charge in [0, 0.05) is 20.8 Å². The molecule has 1 saturated heterocycles. The average Bonchev–Trinajstić information content (AvgIpc) is 2.86. The van der Waals surface area contributed by atoms with Gasteiger partial charge in [-0.05, 0) is 48.3 Å². The van der Waals surface area contributed by atoms with Crippen molar-refractivity contribution >= 4 is 27.3 Å². The molecule has 2 heterocycles. The van der Waals surface area contributed by atoms with Crippen molar-refractivity contribution in [1.29, 1.82) is 0 Å². The van der Waals surface area contributed by atoms with Gasteiger partial charge in [0.1, 0.15) is 0 Å². The molecule has 0 saturated carbocycles. The molecule has 0 spiro atoms. The summed E-state index contributed by atoms with van der Waals surface area (Å²) in [6.45, 7) is 6.20. The van der Waals surface area contributed by atoms with Crippen molar-refractivity contribution < 1.29 is 4.74 Å². The van der Waals surface area contributed by atoms with Crippen molar-refractivity contribution in [2.45, 2.75) is 38.8 Å². The van der Waals surface area contributed by atoms with Crippen LogP contribution in [0.3, 0.4) is 0 Å². The molecule has 1 aromatic heterocycles. The van der Waals surface area contributed by atoms with Gasteiger partial charge in [-0.2, -0.15) is 0 Å². The number of ether oxygens (including phenoxy) is 1. The van der Waals surface area contributed by atoms with Crippen molar-refractivity contribution in [3.63, 3.8) is 0 Å². The first kappa shape index (κ1) is 12.6. The Hall–Kier alpha value is 0.1000. The Labute approximate surface area is 110 Å². The van der Waals surface area contributed by atoms with E-state index in [0.29, 0.717) is 12.1 Å². The second kappa shape index (κ2) is 5.63. The lowest BCUT2D eigenvalue weighted by Crippen LogP contribution is -2.30. The number of likely N-dealkylation sites (N-methyl/N-ethyl adjacent to an activating group) is 1. The smallest absolute Gasteiger partial charge is 0.0778 e. The third kappa shape index (κ3) is 2.67. The Morgan fingerprint density at radius 3 is 3.00 bits per heavy atom. The van der Waals surface area contributed by atoms with Crippen LogP contribution in [0, 0.1) is 6.92 Å². The molecule has 0 aliphatic carbocycles. The zero-order valence-electron chi connectivity index (χ0n) is 9.75. The van der Waals surface area contributed by atoms with Gasteiger partial charge in [-0.25, -0.2) is 0 Å². The van der Waals surface area contributed by atoms with Gasteiger partial charge < -0.3 is 10.1 Å². The maximum absolute atomic E-state index is 5.80. The summed E-state index contributed by atoms with van der Waals surface area (Å²) in [4.78, 5) is 2.73. The molecule has 2 nitrogen and oxygen atoms in total. The van der Waals surface area contributed by atoms with Gasteiger partial charge in [-0.3, -0.25) is 0 Å². The van der Waals surface area contributed by atoms with Crippen LogP contribution in [0.1, 0.15) is 35.6 Å². The molecule has 0 bridgehead atoms. The molecule has 2 unspecified atom stereocenters. The minimum Gasteiger partial charge on any atom is -0.376 e. The monoisotopic (exact) mass is 303 g/mol. The van der Waals surface area contributed by atoms with Gasteiger partial charge in [-0.1, -0.05) is 6.92 Å². The lowest BCUT2D eigenvalue weighted by atomic mass is 10.1. The van der Waals surface area contributed by atoms with E-state index in [1.54, 1.807) is 0 Å². The van der Waals surface area contributed by atoms with Gasteiger partial charge in [0.25, 0.3) is 0 Å². The third-order valence-corrected chi connectivity index (χ3v) is 5.16. The second-order valence-corrected chi connectivity index (χ2v) is 6.28. The summed E-state index contributed by atoms with van der Waals surface area (Å²) in [5.41, 5.74) is 0. The highest BCUT2D eigenvalue weighted by Gasteiger charge is 2.28. The predicted octanol–water partition coefficient (Wildman–Crippen LogP) is 3.65. The summed E-state index contributed by atoms with van der Waals surface area (Å²) < 4.78 is 7.02. The predicted molar refractivity (Wildman–Crippen MR) is 72.1 cm³/mol. The van der Waals surface area contributed by atoms with Crippen molar-refractivity contribution in [1.82, 2.24) is 5.32 Å². The maximum Gasteiger partial charge on any atom is 0.0778 e. The van der Waals surface area contributed by atoms with Gasteiger partial charge in [-0.15, -0.1) is 11.3 Å². The number of hydrogen-bond donors (Lipinski definition) is 1. The molecule has 0 aromatic carbocycles. The van der Waals surface area contributed by atoms with Crippen LogP contribution in [-0.2, 0) is 4.74 Å². The van der Waals surface area contributed by atoms with E-state index in [-0.39, 0.29) is 0 Å². The SMILES string of the molecule is CCNC(c1cc(Br)c(C)s1)C1CCCO1. The molecular formula is C12H18BrNOS. The number of hydrogen-bond acceptors (Lipinski definition) is 3. The number of thiophene rings is 1. The van der Waals surface area contributed by atoms with E-state index >= 15 is 0 Å². The number of nitrogens with one attached hydrogen (secondary N) is 1. The molecule has 1 N–H and O–H groups in total. The summed E-state index contributed by atoms with van der Waals surface area (Å²) in [5.74, 6) is 0. The van der Waals surface area contributed by atoms with Crippen LogP contribution in [0.15, 0.2) is 10.5 Å². The van der Waals surface area contributed by atoms with E-state index in [1.165, 1.54) is 27.1 Å². The third-order valence-electron chi connectivity index (χ3n) is 2.94. The zero-order chi connectivity index (χ0) is 11.5. The number of aryl methyl sites for hydroxylation is 1. The normalized spacial score (nSPS) is 22.6. The van der Waals surface area contributed by atoms with E-state index in [9.17, 15) is 0 Å². The first-order valence-electron chi connectivity index (χ1n) is 5.83. The summed E-state index contributed by atoms with van der Waals surface area (Å²) >= 11 is 5.45.